The second-order valence-corrected chi connectivity index (χ2v) is 6.43. The molecule has 1 aliphatic heterocycles. The molecule has 0 aliphatic carbocycles. The van der Waals surface area contributed by atoms with Crippen molar-refractivity contribution >= 4 is 11.6 Å². The maximum Gasteiger partial charge on any atom is 0.433 e. The largest absolute Gasteiger partial charge is 0.433 e. The molecule has 7 heteroatoms. The predicted octanol–water partition coefficient (Wildman–Crippen LogP) is 3.68. The van der Waals surface area contributed by atoms with E-state index in [-0.39, 0.29) is 11.5 Å². The highest BCUT2D eigenvalue weighted by atomic mass is 19.4. The first-order valence-electron chi connectivity index (χ1n) is 8.41. The molecule has 0 saturated carbocycles. The van der Waals surface area contributed by atoms with Crippen molar-refractivity contribution in [3.05, 3.63) is 58.9 Å². The quantitative estimate of drug-likeness (QED) is 0.817. The number of carbonyl (C=O) groups excluding carboxylic acids is 1. The van der Waals surface area contributed by atoms with Crippen molar-refractivity contribution in [1.82, 2.24) is 9.88 Å². The lowest BCUT2D eigenvalue weighted by Gasteiger charge is -2.37. The number of aryl methyl sites for hydroxylation is 1. The predicted molar refractivity (Wildman–Crippen MR) is 93.3 cm³/mol. The molecule has 0 spiro atoms. The topological polar surface area (TPSA) is 36.4 Å². The summed E-state index contributed by atoms with van der Waals surface area (Å²) in [6.07, 6.45) is -3.50. The molecule has 4 nitrogen and oxygen atoms in total. The van der Waals surface area contributed by atoms with Gasteiger partial charge in [-0.25, -0.2) is 0 Å². The molecule has 1 aromatic heterocycles. The lowest BCUT2D eigenvalue weighted by atomic mass is 10.1. The van der Waals surface area contributed by atoms with Gasteiger partial charge in [0.15, 0.2) is 0 Å². The molecule has 1 fully saturated rings. The number of alkyl halides is 3. The minimum Gasteiger partial charge on any atom is -0.368 e. The average molecular weight is 363 g/mol. The maximum absolute atomic E-state index is 12.6. The fourth-order valence-electron chi connectivity index (χ4n) is 3.10. The van der Waals surface area contributed by atoms with Gasteiger partial charge in [-0.2, -0.15) is 13.2 Å². The summed E-state index contributed by atoms with van der Waals surface area (Å²) < 4.78 is 37.7. The molecule has 0 atom stereocenters. The number of aromatic nitrogens is 1. The number of anilines is 1. The van der Waals surface area contributed by atoms with Crippen molar-refractivity contribution in [2.45, 2.75) is 20.0 Å². The van der Waals surface area contributed by atoms with Crippen LogP contribution in [0.15, 0.2) is 36.5 Å². The highest BCUT2D eigenvalue weighted by Crippen LogP contribution is 2.27. The number of halogens is 3. The summed E-state index contributed by atoms with van der Waals surface area (Å²) in [4.78, 5) is 19.8. The molecule has 26 heavy (non-hydrogen) atoms. The summed E-state index contributed by atoms with van der Waals surface area (Å²) in [6.45, 7) is 6.56. The number of rotatable bonds is 2. The number of amides is 1. The van der Waals surface area contributed by atoms with Crippen molar-refractivity contribution in [2.24, 2.45) is 0 Å². The third-order valence-corrected chi connectivity index (χ3v) is 4.78. The van der Waals surface area contributed by atoms with E-state index in [0.29, 0.717) is 26.2 Å². The lowest BCUT2D eigenvalue weighted by molar-refractivity contribution is -0.141. The van der Waals surface area contributed by atoms with Crippen LogP contribution in [0.25, 0.3) is 0 Å². The van der Waals surface area contributed by atoms with Crippen LogP contribution in [0.1, 0.15) is 27.2 Å². The number of piperazine rings is 1. The third kappa shape index (κ3) is 3.66. The molecular weight excluding hydrogens is 343 g/mol. The fourth-order valence-corrected chi connectivity index (χ4v) is 3.10. The number of hydrogen-bond acceptors (Lipinski definition) is 3. The molecule has 1 amide bonds. The Morgan fingerprint density at radius 1 is 1.04 bits per heavy atom. The molecule has 2 aromatic rings. The zero-order valence-corrected chi connectivity index (χ0v) is 14.7. The molecule has 0 N–H and O–H groups in total. The van der Waals surface area contributed by atoms with E-state index in [1.165, 1.54) is 17.2 Å². The summed E-state index contributed by atoms with van der Waals surface area (Å²) in [5.41, 5.74) is 2.79. The van der Waals surface area contributed by atoms with Gasteiger partial charge in [-0.1, -0.05) is 12.1 Å². The molecule has 0 radical (unpaired) electrons. The zero-order chi connectivity index (χ0) is 18.9. The average Bonchev–Trinajstić information content (AvgIpc) is 2.63. The van der Waals surface area contributed by atoms with E-state index in [1.54, 1.807) is 4.90 Å². The summed E-state index contributed by atoms with van der Waals surface area (Å²) in [6, 6.07) is 8.19. The van der Waals surface area contributed by atoms with E-state index in [2.05, 4.69) is 35.9 Å². The molecule has 1 saturated heterocycles. The molecule has 138 valence electrons. The number of carbonyl (C=O) groups is 1. The summed E-state index contributed by atoms with van der Waals surface area (Å²) >= 11 is 0. The van der Waals surface area contributed by atoms with E-state index >= 15 is 0 Å². The van der Waals surface area contributed by atoms with Gasteiger partial charge in [0.25, 0.3) is 5.91 Å². The molecule has 1 aromatic carbocycles. The Labute approximate surface area is 150 Å². The van der Waals surface area contributed by atoms with Gasteiger partial charge in [0.2, 0.25) is 0 Å². The van der Waals surface area contributed by atoms with Crippen LogP contribution in [-0.4, -0.2) is 42.0 Å². The summed E-state index contributed by atoms with van der Waals surface area (Å²) in [5, 5.41) is 0. The van der Waals surface area contributed by atoms with Crippen LogP contribution in [0.5, 0.6) is 0 Å². The van der Waals surface area contributed by atoms with E-state index in [1.807, 2.05) is 6.07 Å². The van der Waals surface area contributed by atoms with E-state index < -0.39 is 11.9 Å². The molecular formula is C19H20F3N3O. The van der Waals surface area contributed by atoms with Crippen LogP contribution in [-0.2, 0) is 6.18 Å². The van der Waals surface area contributed by atoms with E-state index in [4.69, 9.17) is 0 Å². The molecule has 3 rings (SSSR count). The van der Waals surface area contributed by atoms with Crippen LogP contribution < -0.4 is 4.90 Å². The Morgan fingerprint density at radius 3 is 2.31 bits per heavy atom. The smallest absolute Gasteiger partial charge is 0.368 e. The van der Waals surface area contributed by atoms with Crippen molar-refractivity contribution in [3.8, 4) is 0 Å². The van der Waals surface area contributed by atoms with Crippen LogP contribution in [0.4, 0.5) is 18.9 Å². The van der Waals surface area contributed by atoms with Crippen molar-refractivity contribution < 1.29 is 18.0 Å². The first kappa shape index (κ1) is 18.2. The van der Waals surface area contributed by atoms with Crippen LogP contribution >= 0.6 is 0 Å². The standard InChI is InChI=1S/C19H20F3N3O/c1-13-4-3-5-16(14(13)2)24-8-10-25(11-9-24)18(26)15-6-7-17(23-12-15)19(20,21)22/h3-7,12H,8-11H2,1-2H3. The number of pyridine rings is 1. The summed E-state index contributed by atoms with van der Waals surface area (Å²) in [7, 11) is 0. The highest BCUT2D eigenvalue weighted by molar-refractivity contribution is 5.94. The first-order valence-corrected chi connectivity index (χ1v) is 8.41. The van der Waals surface area contributed by atoms with Crippen molar-refractivity contribution in [2.75, 3.05) is 31.1 Å². The van der Waals surface area contributed by atoms with Gasteiger partial charge in [0.05, 0.1) is 5.56 Å². The molecule has 1 aliphatic rings. The highest BCUT2D eigenvalue weighted by Gasteiger charge is 2.32. The van der Waals surface area contributed by atoms with E-state index in [9.17, 15) is 18.0 Å². The zero-order valence-electron chi connectivity index (χ0n) is 14.7. The van der Waals surface area contributed by atoms with E-state index in [0.717, 1.165) is 18.0 Å². The van der Waals surface area contributed by atoms with Gasteiger partial charge in [0.1, 0.15) is 5.69 Å². The maximum atomic E-state index is 12.6. The van der Waals surface area contributed by atoms with Gasteiger partial charge < -0.3 is 9.80 Å². The lowest BCUT2D eigenvalue weighted by Crippen LogP contribution is -2.49. The molecule has 2 heterocycles. The van der Waals surface area contributed by atoms with Crippen molar-refractivity contribution in [1.29, 1.82) is 0 Å². The summed E-state index contributed by atoms with van der Waals surface area (Å²) in [5.74, 6) is -0.285. The Kier molecular flexibility index (Phi) is 4.89. The van der Waals surface area contributed by atoms with Crippen LogP contribution in [0.3, 0.4) is 0 Å². The Balaban J connectivity index is 1.66. The van der Waals surface area contributed by atoms with Crippen LogP contribution in [0.2, 0.25) is 0 Å². The Hall–Kier alpha value is -2.57. The molecule has 0 unspecified atom stereocenters. The minimum absolute atomic E-state index is 0.179. The van der Waals surface area contributed by atoms with Crippen molar-refractivity contribution in [3.63, 3.8) is 0 Å². The SMILES string of the molecule is Cc1cccc(N2CCN(C(=O)c3ccc(C(F)(F)F)nc3)CC2)c1C. The second kappa shape index (κ2) is 6.97. The van der Waals surface area contributed by atoms with Gasteiger partial charge in [0, 0.05) is 38.1 Å². The van der Waals surface area contributed by atoms with Crippen LogP contribution in [0, 0.1) is 13.8 Å². The third-order valence-electron chi connectivity index (χ3n) is 4.78. The number of benzene rings is 1. The Bertz CT molecular complexity index is 795. The molecule has 0 bridgehead atoms. The monoisotopic (exact) mass is 363 g/mol. The number of hydrogen-bond donors (Lipinski definition) is 0. The second-order valence-electron chi connectivity index (χ2n) is 6.43. The Morgan fingerprint density at radius 2 is 1.73 bits per heavy atom. The first-order chi connectivity index (χ1) is 12.3. The normalized spacial score (nSPS) is 15.3. The van der Waals surface area contributed by atoms with Gasteiger partial charge in [-0.15, -0.1) is 0 Å². The van der Waals surface area contributed by atoms with Gasteiger partial charge >= 0.3 is 6.18 Å². The fraction of sp³-hybridized carbons (Fsp3) is 0.368. The minimum atomic E-state index is -4.50. The number of nitrogens with zero attached hydrogens (tertiary/aromatic N) is 3. The van der Waals surface area contributed by atoms with Gasteiger partial charge in [-0.05, 0) is 43.2 Å². The van der Waals surface area contributed by atoms with Gasteiger partial charge in [-0.3, -0.25) is 9.78 Å².